The number of aryl methyl sites for hydroxylation is 1. The number of methoxy groups -OCH3 is 1. The van der Waals surface area contributed by atoms with Gasteiger partial charge in [0.25, 0.3) is 0 Å². The molecule has 0 amide bonds. The summed E-state index contributed by atoms with van der Waals surface area (Å²) in [6.45, 7) is 4.32. The first kappa shape index (κ1) is 13.8. The fraction of sp³-hybridized carbons (Fsp3) is 0.538. The molecule has 0 aliphatic carbocycles. The summed E-state index contributed by atoms with van der Waals surface area (Å²) in [7, 11) is 1.61. The van der Waals surface area contributed by atoms with Gasteiger partial charge in [0, 0.05) is 13.0 Å². The van der Waals surface area contributed by atoms with Crippen molar-refractivity contribution < 1.29 is 14.6 Å². The Morgan fingerprint density at radius 1 is 1.35 bits per heavy atom. The molecule has 1 rings (SSSR count). The maximum absolute atomic E-state index is 9.74. The summed E-state index contributed by atoms with van der Waals surface area (Å²) in [4.78, 5) is 0. The van der Waals surface area contributed by atoms with E-state index in [2.05, 4.69) is 0 Å². The predicted octanol–water partition coefficient (Wildman–Crippen LogP) is 1.48. The SMILES string of the molecule is COc1cc(C)ccc1OCCC(C)(O)CN. The van der Waals surface area contributed by atoms with Crippen molar-refractivity contribution in [1.29, 1.82) is 0 Å². The van der Waals surface area contributed by atoms with Crippen LogP contribution < -0.4 is 15.2 Å². The second-order valence-electron chi connectivity index (χ2n) is 4.45. The quantitative estimate of drug-likeness (QED) is 0.789. The lowest BCUT2D eigenvalue weighted by molar-refractivity contribution is 0.0450. The minimum atomic E-state index is -0.877. The average molecular weight is 239 g/mol. The Morgan fingerprint density at radius 3 is 2.65 bits per heavy atom. The zero-order valence-corrected chi connectivity index (χ0v) is 10.7. The van der Waals surface area contributed by atoms with E-state index in [0.29, 0.717) is 24.5 Å². The molecule has 0 aromatic heterocycles. The lowest BCUT2D eigenvalue weighted by atomic mass is 10.0. The van der Waals surface area contributed by atoms with E-state index in [9.17, 15) is 5.11 Å². The molecule has 96 valence electrons. The molecule has 1 aromatic carbocycles. The first-order valence-corrected chi connectivity index (χ1v) is 5.68. The zero-order chi connectivity index (χ0) is 12.9. The molecule has 0 radical (unpaired) electrons. The fourth-order valence-electron chi connectivity index (χ4n) is 1.38. The van der Waals surface area contributed by atoms with Gasteiger partial charge < -0.3 is 20.3 Å². The van der Waals surface area contributed by atoms with E-state index >= 15 is 0 Å². The zero-order valence-electron chi connectivity index (χ0n) is 10.7. The molecule has 0 aliphatic rings. The van der Waals surface area contributed by atoms with Gasteiger partial charge in [0.2, 0.25) is 0 Å². The molecule has 0 fully saturated rings. The Balaban J connectivity index is 2.57. The number of nitrogens with two attached hydrogens (primary N) is 1. The van der Waals surface area contributed by atoms with Crippen LogP contribution in [0.4, 0.5) is 0 Å². The third-order valence-electron chi connectivity index (χ3n) is 2.66. The maximum Gasteiger partial charge on any atom is 0.161 e. The van der Waals surface area contributed by atoms with Gasteiger partial charge in [-0.25, -0.2) is 0 Å². The summed E-state index contributed by atoms with van der Waals surface area (Å²) in [6.07, 6.45) is 0.487. The van der Waals surface area contributed by atoms with E-state index in [-0.39, 0.29) is 6.54 Å². The van der Waals surface area contributed by atoms with Crippen LogP contribution in [0.2, 0.25) is 0 Å². The van der Waals surface area contributed by atoms with Crippen LogP contribution in [-0.4, -0.2) is 31.0 Å². The Bertz CT molecular complexity index is 364. The van der Waals surface area contributed by atoms with Gasteiger partial charge in [-0.3, -0.25) is 0 Å². The molecule has 4 nitrogen and oxygen atoms in total. The summed E-state index contributed by atoms with van der Waals surface area (Å²) in [6, 6.07) is 5.74. The fourth-order valence-corrected chi connectivity index (χ4v) is 1.38. The molecular formula is C13H21NO3. The summed E-state index contributed by atoms with van der Waals surface area (Å²) in [5.74, 6) is 1.39. The normalized spacial score (nSPS) is 14.2. The molecule has 0 heterocycles. The van der Waals surface area contributed by atoms with Crippen molar-refractivity contribution in [2.45, 2.75) is 25.9 Å². The van der Waals surface area contributed by atoms with Gasteiger partial charge in [-0.05, 0) is 31.5 Å². The largest absolute Gasteiger partial charge is 0.493 e. The lowest BCUT2D eigenvalue weighted by Gasteiger charge is -2.21. The van der Waals surface area contributed by atoms with Crippen LogP contribution in [0.3, 0.4) is 0 Å². The Labute approximate surface area is 102 Å². The van der Waals surface area contributed by atoms with Crippen LogP contribution in [0, 0.1) is 6.92 Å². The highest BCUT2D eigenvalue weighted by atomic mass is 16.5. The van der Waals surface area contributed by atoms with E-state index < -0.39 is 5.60 Å². The summed E-state index contributed by atoms with van der Waals surface area (Å²) in [5.41, 5.74) is 5.67. The molecular weight excluding hydrogens is 218 g/mol. The highest BCUT2D eigenvalue weighted by Gasteiger charge is 2.18. The van der Waals surface area contributed by atoms with Crippen molar-refractivity contribution in [3.63, 3.8) is 0 Å². The minimum absolute atomic E-state index is 0.224. The van der Waals surface area contributed by atoms with Crippen LogP contribution in [0.15, 0.2) is 18.2 Å². The molecule has 17 heavy (non-hydrogen) atoms. The van der Waals surface area contributed by atoms with Gasteiger partial charge >= 0.3 is 0 Å². The van der Waals surface area contributed by atoms with Crippen molar-refractivity contribution in [2.75, 3.05) is 20.3 Å². The number of aliphatic hydroxyl groups is 1. The van der Waals surface area contributed by atoms with Crippen molar-refractivity contribution in [3.8, 4) is 11.5 Å². The van der Waals surface area contributed by atoms with Crippen LogP contribution in [0.25, 0.3) is 0 Å². The Kier molecular flexibility index (Phi) is 4.78. The van der Waals surface area contributed by atoms with Crippen LogP contribution in [0.1, 0.15) is 18.9 Å². The molecule has 0 bridgehead atoms. The predicted molar refractivity (Wildman–Crippen MR) is 67.5 cm³/mol. The molecule has 0 spiro atoms. The van der Waals surface area contributed by atoms with Gasteiger partial charge in [0.05, 0.1) is 19.3 Å². The molecule has 0 saturated heterocycles. The summed E-state index contributed by atoms with van der Waals surface area (Å²) in [5, 5.41) is 9.74. The van der Waals surface area contributed by atoms with Crippen molar-refractivity contribution in [1.82, 2.24) is 0 Å². The average Bonchev–Trinajstić information content (AvgIpc) is 2.30. The van der Waals surface area contributed by atoms with Gasteiger partial charge in [0.1, 0.15) is 0 Å². The Morgan fingerprint density at radius 2 is 2.06 bits per heavy atom. The second-order valence-corrected chi connectivity index (χ2v) is 4.45. The molecule has 3 N–H and O–H groups in total. The van der Waals surface area contributed by atoms with Gasteiger partial charge in [-0.2, -0.15) is 0 Å². The first-order chi connectivity index (χ1) is 7.98. The van der Waals surface area contributed by atoms with Crippen molar-refractivity contribution >= 4 is 0 Å². The van der Waals surface area contributed by atoms with Crippen LogP contribution in [0.5, 0.6) is 11.5 Å². The second kappa shape index (κ2) is 5.89. The van der Waals surface area contributed by atoms with Crippen molar-refractivity contribution in [3.05, 3.63) is 23.8 Å². The highest BCUT2D eigenvalue weighted by Crippen LogP contribution is 2.28. The standard InChI is InChI=1S/C13H21NO3/c1-10-4-5-11(12(8-10)16-3)17-7-6-13(2,15)9-14/h4-5,8,15H,6-7,9,14H2,1-3H3. The van der Waals surface area contributed by atoms with Gasteiger partial charge in [0.15, 0.2) is 11.5 Å². The van der Waals surface area contributed by atoms with E-state index in [1.165, 1.54) is 0 Å². The van der Waals surface area contributed by atoms with Gasteiger partial charge in [-0.15, -0.1) is 0 Å². The molecule has 1 atom stereocenters. The lowest BCUT2D eigenvalue weighted by Crippen LogP contribution is -2.35. The summed E-state index contributed by atoms with van der Waals surface area (Å²) >= 11 is 0. The third-order valence-corrected chi connectivity index (χ3v) is 2.66. The number of benzene rings is 1. The number of rotatable bonds is 6. The smallest absolute Gasteiger partial charge is 0.161 e. The first-order valence-electron chi connectivity index (χ1n) is 5.68. The van der Waals surface area contributed by atoms with Crippen LogP contribution >= 0.6 is 0 Å². The highest BCUT2D eigenvalue weighted by molar-refractivity contribution is 5.42. The van der Waals surface area contributed by atoms with E-state index in [4.69, 9.17) is 15.2 Å². The Hall–Kier alpha value is -1.26. The molecule has 0 aliphatic heterocycles. The monoisotopic (exact) mass is 239 g/mol. The molecule has 4 heteroatoms. The van der Waals surface area contributed by atoms with E-state index in [1.54, 1.807) is 14.0 Å². The van der Waals surface area contributed by atoms with E-state index in [0.717, 1.165) is 5.56 Å². The van der Waals surface area contributed by atoms with Crippen molar-refractivity contribution in [2.24, 2.45) is 5.73 Å². The molecule has 0 saturated carbocycles. The molecule has 1 aromatic rings. The summed E-state index contributed by atoms with van der Waals surface area (Å²) < 4.78 is 10.8. The number of hydrogen-bond donors (Lipinski definition) is 2. The maximum atomic E-state index is 9.74. The van der Waals surface area contributed by atoms with Gasteiger partial charge in [-0.1, -0.05) is 6.07 Å². The molecule has 1 unspecified atom stereocenters. The van der Waals surface area contributed by atoms with E-state index in [1.807, 2.05) is 25.1 Å². The number of ether oxygens (including phenoxy) is 2. The minimum Gasteiger partial charge on any atom is -0.493 e. The third kappa shape index (κ3) is 4.24. The number of hydrogen-bond acceptors (Lipinski definition) is 4. The van der Waals surface area contributed by atoms with Crippen LogP contribution in [-0.2, 0) is 0 Å². The topological polar surface area (TPSA) is 64.7 Å².